The maximum absolute atomic E-state index is 11.1. The molecular formula is C31H19N3O6. The van der Waals surface area contributed by atoms with Crippen LogP contribution < -0.4 is 9.47 Å². The number of fused-ring (bicyclic) bond motifs is 2. The highest BCUT2D eigenvalue weighted by Crippen LogP contribution is 2.40. The van der Waals surface area contributed by atoms with E-state index in [2.05, 4.69) is 23.2 Å². The maximum atomic E-state index is 11.1. The summed E-state index contributed by atoms with van der Waals surface area (Å²) in [6, 6.07) is 33.2. The molecule has 0 spiro atoms. The molecule has 0 unspecified atom stereocenters. The number of nitro groups is 2. The van der Waals surface area contributed by atoms with Gasteiger partial charge in [0, 0.05) is 36.4 Å². The topological polar surface area (TPSA) is 118 Å². The van der Waals surface area contributed by atoms with Crippen molar-refractivity contribution in [2.24, 2.45) is 0 Å². The van der Waals surface area contributed by atoms with Crippen LogP contribution in [0.3, 0.4) is 0 Å². The van der Waals surface area contributed by atoms with Crippen LogP contribution in [-0.4, -0.2) is 14.8 Å². The SMILES string of the molecule is O=[N+]([O-])c1ccc(Oc2cc(-c3c4ccccc4cc4ccccc34)cc(Oc3ccc([N+](=O)[O-])cc3)n2)cc1. The average Bonchev–Trinajstić information content (AvgIpc) is 2.96. The van der Waals surface area contributed by atoms with Gasteiger partial charge in [-0.1, -0.05) is 48.5 Å². The predicted molar refractivity (Wildman–Crippen MR) is 151 cm³/mol. The molecule has 0 N–H and O–H groups in total. The van der Waals surface area contributed by atoms with Crippen molar-refractivity contribution in [1.82, 2.24) is 4.98 Å². The van der Waals surface area contributed by atoms with Crippen LogP contribution in [0.5, 0.6) is 23.3 Å². The summed E-state index contributed by atoms with van der Waals surface area (Å²) in [4.78, 5) is 25.7. The number of rotatable bonds is 7. The van der Waals surface area contributed by atoms with Gasteiger partial charge < -0.3 is 9.47 Å². The van der Waals surface area contributed by atoms with Gasteiger partial charge in [-0.05, 0) is 63.0 Å². The number of ether oxygens (including phenoxy) is 2. The number of non-ortho nitro benzene ring substituents is 2. The highest BCUT2D eigenvalue weighted by atomic mass is 16.6. The van der Waals surface area contributed by atoms with Gasteiger partial charge in [0.25, 0.3) is 11.4 Å². The molecule has 5 aromatic carbocycles. The summed E-state index contributed by atoms with van der Waals surface area (Å²) in [6.07, 6.45) is 0. The molecule has 0 saturated carbocycles. The van der Waals surface area contributed by atoms with Gasteiger partial charge >= 0.3 is 0 Å². The second kappa shape index (κ2) is 10.1. The summed E-state index contributed by atoms with van der Waals surface area (Å²) in [6.45, 7) is 0. The Bertz CT molecular complexity index is 1770. The summed E-state index contributed by atoms with van der Waals surface area (Å²) in [5.74, 6) is 1.14. The van der Waals surface area contributed by atoms with Gasteiger partial charge in [0.1, 0.15) is 11.5 Å². The van der Waals surface area contributed by atoms with Crippen molar-refractivity contribution >= 4 is 32.9 Å². The number of hydrogen-bond donors (Lipinski definition) is 0. The normalized spacial score (nSPS) is 10.9. The Labute approximate surface area is 227 Å². The van der Waals surface area contributed by atoms with E-state index in [-0.39, 0.29) is 23.1 Å². The minimum Gasteiger partial charge on any atom is -0.439 e. The molecule has 6 rings (SSSR count). The second-order valence-electron chi connectivity index (χ2n) is 8.93. The number of hydrogen-bond acceptors (Lipinski definition) is 7. The summed E-state index contributed by atoms with van der Waals surface area (Å²) in [5.41, 5.74) is 1.62. The zero-order chi connectivity index (χ0) is 27.6. The summed E-state index contributed by atoms with van der Waals surface area (Å²) in [5, 5.41) is 26.3. The number of nitro benzene ring substituents is 2. The molecule has 6 aromatic rings. The Morgan fingerprint density at radius 2 is 0.975 bits per heavy atom. The van der Waals surface area contributed by atoms with Gasteiger partial charge in [-0.2, -0.15) is 4.98 Å². The van der Waals surface area contributed by atoms with Crippen LogP contribution in [-0.2, 0) is 0 Å². The third kappa shape index (κ3) is 4.86. The van der Waals surface area contributed by atoms with Crippen LogP contribution in [0.4, 0.5) is 11.4 Å². The van der Waals surface area contributed by atoms with E-state index >= 15 is 0 Å². The van der Waals surface area contributed by atoms with Gasteiger partial charge in [-0.3, -0.25) is 20.2 Å². The van der Waals surface area contributed by atoms with E-state index in [0.29, 0.717) is 11.5 Å². The molecule has 1 heterocycles. The second-order valence-corrected chi connectivity index (χ2v) is 8.93. The van der Waals surface area contributed by atoms with Crippen LogP contribution in [0, 0.1) is 20.2 Å². The fraction of sp³-hybridized carbons (Fsp3) is 0. The number of pyridine rings is 1. The van der Waals surface area contributed by atoms with E-state index in [9.17, 15) is 20.2 Å². The lowest BCUT2D eigenvalue weighted by atomic mass is 9.92. The Kier molecular flexibility index (Phi) is 6.21. The van der Waals surface area contributed by atoms with Crippen molar-refractivity contribution in [2.45, 2.75) is 0 Å². The van der Waals surface area contributed by atoms with E-state index in [4.69, 9.17) is 9.47 Å². The molecule has 0 radical (unpaired) electrons. The largest absolute Gasteiger partial charge is 0.439 e. The van der Waals surface area contributed by atoms with Gasteiger partial charge in [0.05, 0.1) is 9.85 Å². The number of aromatic nitrogens is 1. The van der Waals surface area contributed by atoms with Gasteiger partial charge in [0.15, 0.2) is 0 Å². The summed E-state index contributed by atoms with van der Waals surface area (Å²) < 4.78 is 12.1. The van der Waals surface area contributed by atoms with Crippen molar-refractivity contribution < 1.29 is 19.3 Å². The maximum Gasteiger partial charge on any atom is 0.269 e. The number of benzene rings is 5. The van der Waals surface area contributed by atoms with Crippen molar-refractivity contribution in [3.05, 3.63) is 135 Å². The molecule has 0 aliphatic rings. The smallest absolute Gasteiger partial charge is 0.269 e. The molecule has 0 atom stereocenters. The van der Waals surface area contributed by atoms with E-state index < -0.39 is 9.85 Å². The quantitative estimate of drug-likeness (QED) is 0.116. The minimum atomic E-state index is -0.482. The lowest BCUT2D eigenvalue weighted by Crippen LogP contribution is -1.95. The van der Waals surface area contributed by atoms with Crippen molar-refractivity contribution in [2.75, 3.05) is 0 Å². The third-order valence-electron chi connectivity index (χ3n) is 6.38. The van der Waals surface area contributed by atoms with Gasteiger partial charge in [-0.15, -0.1) is 0 Å². The fourth-order valence-electron chi connectivity index (χ4n) is 4.57. The molecule has 1 aromatic heterocycles. The molecule has 0 amide bonds. The molecule has 0 aliphatic heterocycles. The first kappa shape index (κ1) is 24.5. The first-order valence-corrected chi connectivity index (χ1v) is 12.2. The van der Waals surface area contributed by atoms with Crippen molar-refractivity contribution in [1.29, 1.82) is 0 Å². The molecular weight excluding hydrogens is 510 g/mol. The molecule has 194 valence electrons. The van der Waals surface area contributed by atoms with Gasteiger partial charge in [0.2, 0.25) is 11.8 Å². The van der Waals surface area contributed by atoms with E-state index in [1.165, 1.54) is 48.5 Å². The Morgan fingerprint density at radius 3 is 1.40 bits per heavy atom. The Hall–Kier alpha value is -5.83. The van der Waals surface area contributed by atoms with Crippen LogP contribution in [0.25, 0.3) is 32.7 Å². The molecule has 9 heteroatoms. The third-order valence-corrected chi connectivity index (χ3v) is 6.38. The standard InChI is InChI=1S/C31H19N3O6/c35-33(36)23-9-13-25(14-10-23)39-29-18-22(19-30(32-29)40-26-15-11-24(12-16-26)34(37)38)31-27-7-3-1-5-20(27)17-21-6-2-4-8-28(21)31/h1-19H. The Balaban J connectivity index is 1.50. The monoisotopic (exact) mass is 529 g/mol. The first-order valence-electron chi connectivity index (χ1n) is 12.2. The van der Waals surface area contributed by atoms with Crippen LogP contribution >= 0.6 is 0 Å². The van der Waals surface area contributed by atoms with Crippen LogP contribution in [0.2, 0.25) is 0 Å². The lowest BCUT2D eigenvalue weighted by molar-refractivity contribution is -0.385. The van der Waals surface area contributed by atoms with Crippen molar-refractivity contribution in [3.63, 3.8) is 0 Å². The molecule has 0 fully saturated rings. The van der Waals surface area contributed by atoms with E-state index in [0.717, 1.165) is 32.7 Å². The number of nitrogens with zero attached hydrogens (tertiary/aromatic N) is 3. The average molecular weight is 530 g/mol. The first-order chi connectivity index (χ1) is 19.4. The lowest BCUT2D eigenvalue weighted by Gasteiger charge is -2.15. The molecule has 9 nitrogen and oxygen atoms in total. The highest BCUT2D eigenvalue weighted by Gasteiger charge is 2.15. The van der Waals surface area contributed by atoms with Gasteiger partial charge in [-0.25, -0.2) is 0 Å². The van der Waals surface area contributed by atoms with Crippen LogP contribution in [0.15, 0.2) is 115 Å². The zero-order valence-electron chi connectivity index (χ0n) is 20.8. The summed E-state index contributed by atoms with van der Waals surface area (Å²) in [7, 11) is 0. The molecule has 40 heavy (non-hydrogen) atoms. The highest BCUT2D eigenvalue weighted by molar-refractivity contribution is 6.12. The van der Waals surface area contributed by atoms with Crippen molar-refractivity contribution in [3.8, 4) is 34.4 Å². The molecule has 0 bridgehead atoms. The predicted octanol–water partition coefficient (Wildman–Crippen LogP) is 8.46. The molecule has 0 saturated heterocycles. The summed E-state index contributed by atoms with van der Waals surface area (Å²) >= 11 is 0. The fourth-order valence-corrected chi connectivity index (χ4v) is 4.57. The van der Waals surface area contributed by atoms with E-state index in [1.807, 2.05) is 36.4 Å². The minimum absolute atomic E-state index is 0.0570. The van der Waals surface area contributed by atoms with E-state index in [1.54, 1.807) is 12.1 Å². The molecule has 0 aliphatic carbocycles. The van der Waals surface area contributed by atoms with Crippen LogP contribution in [0.1, 0.15) is 0 Å². The Morgan fingerprint density at radius 1 is 0.550 bits per heavy atom. The zero-order valence-corrected chi connectivity index (χ0v) is 20.8.